The molecule has 0 aromatic carbocycles. The molecule has 76 valence electrons. The Bertz CT molecular complexity index is 202. The van der Waals surface area contributed by atoms with Crippen LogP contribution in [0.25, 0.3) is 0 Å². The second-order valence-corrected chi connectivity index (χ2v) is 3.30. The average molecular weight is 195 g/mol. The van der Waals surface area contributed by atoms with Gasteiger partial charge in [-0.15, -0.1) is 0 Å². The van der Waals surface area contributed by atoms with Gasteiger partial charge in [-0.25, -0.2) is 0 Å². The summed E-state index contributed by atoms with van der Waals surface area (Å²) in [7, 11) is 0. The fourth-order valence-electron chi connectivity index (χ4n) is 1.38. The van der Waals surface area contributed by atoms with Crippen LogP contribution < -0.4 is 5.73 Å². The van der Waals surface area contributed by atoms with Gasteiger partial charge < -0.3 is 10.8 Å². The number of rotatable bonds is 2. The van der Waals surface area contributed by atoms with Gasteiger partial charge >= 0.3 is 6.18 Å². The van der Waals surface area contributed by atoms with Crippen molar-refractivity contribution in [2.75, 3.05) is 0 Å². The zero-order valence-corrected chi connectivity index (χ0v) is 6.96. The van der Waals surface area contributed by atoms with Gasteiger partial charge in [-0.2, -0.15) is 13.2 Å². The highest BCUT2D eigenvalue weighted by atomic mass is 19.4. The molecule has 2 nitrogen and oxygen atoms in total. The number of hydrogen-bond acceptors (Lipinski definition) is 2. The minimum absolute atomic E-state index is 0.211. The molecule has 0 aliphatic heterocycles. The maximum absolute atomic E-state index is 12.0. The van der Waals surface area contributed by atoms with Crippen molar-refractivity contribution in [1.29, 1.82) is 0 Å². The molecule has 0 radical (unpaired) electrons. The average Bonchev–Trinajstić information content (AvgIpc) is 2.34. The zero-order chi connectivity index (χ0) is 10.1. The van der Waals surface area contributed by atoms with Crippen LogP contribution in [-0.4, -0.2) is 23.4 Å². The lowest BCUT2D eigenvalue weighted by atomic mass is 9.96. The predicted octanol–water partition coefficient (Wildman–Crippen LogP) is 1.20. The first-order valence-electron chi connectivity index (χ1n) is 4.08. The molecule has 0 amide bonds. The quantitative estimate of drug-likeness (QED) is 0.650. The van der Waals surface area contributed by atoms with Crippen LogP contribution >= 0.6 is 0 Å². The summed E-state index contributed by atoms with van der Waals surface area (Å²) in [6, 6.07) is -1.83. The van der Waals surface area contributed by atoms with E-state index in [0.29, 0.717) is 6.42 Å². The Labute approximate surface area is 74.2 Å². The SMILES string of the molecule is NC(C[C@@H]1CC=C[C@@H]1O)C(F)(F)F. The Balaban J connectivity index is 2.41. The van der Waals surface area contributed by atoms with Crippen molar-refractivity contribution in [3.8, 4) is 0 Å². The van der Waals surface area contributed by atoms with Crippen LogP contribution in [0.1, 0.15) is 12.8 Å². The topological polar surface area (TPSA) is 46.2 Å². The fraction of sp³-hybridized carbons (Fsp3) is 0.750. The number of allylic oxidation sites excluding steroid dienone is 1. The number of alkyl halides is 3. The van der Waals surface area contributed by atoms with E-state index in [0.717, 1.165) is 0 Å². The first-order chi connectivity index (χ1) is 5.91. The Morgan fingerprint density at radius 3 is 2.54 bits per heavy atom. The molecule has 0 aromatic rings. The summed E-state index contributed by atoms with van der Waals surface area (Å²) in [4.78, 5) is 0. The van der Waals surface area contributed by atoms with Crippen molar-refractivity contribution >= 4 is 0 Å². The largest absolute Gasteiger partial charge is 0.403 e. The van der Waals surface area contributed by atoms with Gasteiger partial charge in [0, 0.05) is 0 Å². The van der Waals surface area contributed by atoms with E-state index in [4.69, 9.17) is 5.73 Å². The Hall–Kier alpha value is -0.550. The first-order valence-corrected chi connectivity index (χ1v) is 4.08. The molecule has 1 rings (SSSR count). The monoisotopic (exact) mass is 195 g/mol. The minimum Gasteiger partial charge on any atom is -0.389 e. The maximum Gasteiger partial charge on any atom is 0.403 e. The van der Waals surface area contributed by atoms with Crippen LogP contribution in [0, 0.1) is 5.92 Å². The maximum atomic E-state index is 12.0. The first kappa shape index (κ1) is 10.5. The third-order valence-corrected chi connectivity index (χ3v) is 2.23. The van der Waals surface area contributed by atoms with Gasteiger partial charge in [0.15, 0.2) is 0 Å². The van der Waals surface area contributed by atoms with Crippen molar-refractivity contribution in [2.24, 2.45) is 11.7 Å². The van der Waals surface area contributed by atoms with E-state index in [-0.39, 0.29) is 12.3 Å². The Morgan fingerprint density at radius 1 is 1.54 bits per heavy atom. The number of aliphatic hydroxyl groups excluding tert-OH is 1. The highest BCUT2D eigenvalue weighted by Crippen LogP contribution is 2.29. The lowest BCUT2D eigenvalue weighted by Crippen LogP contribution is -2.40. The third kappa shape index (κ3) is 2.70. The van der Waals surface area contributed by atoms with Crippen molar-refractivity contribution in [3.05, 3.63) is 12.2 Å². The molecule has 0 heterocycles. The fourth-order valence-corrected chi connectivity index (χ4v) is 1.38. The Kier molecular flexibility index (Phi) is 2.98. The molecule has 5 heteroatoms. The molecule has 0 fully saturated rings. The molecule has 0 saturated carbocycles. The Morgan fingerprint density at radius 2 is 2.15 bits per heavy atom. The normalized spacial score (nSPS) is 30.8. The van der Waals surface area contributed by atoms with Crippen LogP contribution in [0.2, 0.25) is 0 Å². The molecule has 3 atom stereocenters. The van der Waals surface area contributed by atoms with Gasteiger partial charge in [-0.05, 0) is 18.8 Å². The highest BCUT2D eigenvalue weighted by molar-refractivity contribution is 5.02. The second-order valence-electron chi connectivity index (χ2n) is 3.30. The van der Waals surface area contributed by atoms with Gasteiger partial charge in [-0.1, -0.05) is 12.2 Å². The van der Waals surface area contributed by atoms with E-state index < -0.39 is 18.3 Å². The van der Waals surface area contributed by atoms with Crippen molar-refractivity contribution < 1.29 is 18.3 Å². The summed E-state index contributed by atoms with van der Waals surface area (Å²) in [5.74, 6) is -0.378. The summed E-state index contributed by atoms with van der Waals surface area (Å²) < 4.78 is 36.0. The van der Waals surface area contributed by atoms with E-state index in [1.54, 1.807) is 6.08 Å². The van der Waals surface area contributed by atoms with E-state index >= 15 is 0 Å². The highest BCUT2D eigenvalue weighted by Gasteiger charge is 2.39. The summed E-state index contributed by atoms with van der Waals surface area (Å²) in [6.45, 7) is 0. The number of halogens is 3. The molecule has 0 aromatic heterocycles. The molecule has 0 bridgehead atoms. The lowest BCUT2D eigenvalue weighted by molar-refractivity contribution is -0.152. The van der Waals surface area contributed by atoms with Gasteiger partial charge in [0.1, 0.15) is 6.04 Å². The van der Waals surface area contributed by atoms with Gasteiger partial charge in [-0.3, -0.25) is 0 Å². The summed E-state index contributed by atoms with van der Waals surface area (Å²) in [6.07, 6.45) is -1.68. The van der Waals surface area contributed by atoms with E-state index in [2.05, 4.69) is 0 Å². The molecule has 1 unspecified atom stereocenters. The second kappa shape index (κ2) is 3.67. The summed E-state index contributed by atoms with van der Waals surface area (Å²) in [5, 5.41) is 9.19. The molecule has 1 aliphatic rings. The molecular formula is C8H12F3NO. The van der Waals surface area contributed by atoms with Gasteiger partial charge in [0.25, 0.3) is 0 Å². The summed E-state index contributed by atoms with van der Waals surface area (Å²) in [5.41, 5.74) is 4.93. The lowest BCUT2D eigenvalue weighted by Gasteiger charge is -2.21. The molecule has 0 spiro atoms. The molecule has 1 aliphatic carbocycles. The van der Waals surface area contributed by atoms with Crippen LogP contribution in [0.4, 0.5) is 13.2 Å². The van der Waals surface area contributed by atoms with E-state index in [1.165, 1.54) is 6.08 Å². The predicted molar refractivity (Wildman–Crippen MR) is 41.9 cm³/mol. The van der Waals surface area contributed by atoms with Crippen molar-refractivity contribution in [3.63, 3.8) is 0 Å². The van der Waals surface area contributed by atoms with Gasteiger partial charge in [0.05, 0.1) is 6.10 Å². The number of aliphatic hydroxyl groups is 1. The van der Waals surface area contributed by atoms with E-state index in [1.807, 2.05) is 0 Å². The number of hydrogen-bond donors (Lipinski definition) is 2. The van der Waals surface area contributed by atoms with Crippen LogP contribution in [-0.2, 0) is 0 Å². The zero-order valence-electron chi connectivity index (χ0n) is 6.96. The molecular weight excluding hydrogens is 183 g/mol. The molecule has 13 heavy (non-hydrogen) atoms. The van der Waals surface area contributed by atoms with Crippen molar-refractivity contribution in [2.45, 2.75) is 31.2 Å². The smallest absolute Gasteiger partial charge is 0.389 e. The van der Waals surface area contributed by atoms with E-state index in [9.17, 15) is 18.3 Å². The molecule has 3 N–H and O–H groups in total. The van der Waals surface area contributed by atoms with Crippen LogP contribution in [0.5, 0.6) is 0 Å². The van der Waals surface area contributed by atoms with Crippen LogP contribution in [0.3, 0.4) is 0 Å². The van der Waals surface area contributed by atoms with Crippen LogP contribution in [0.15, 0.2) is 12.2 Å². The minimum atomic E-state index is -4.36. The summed E-state index contributed by atoms with van der Waals surface area (Å²) >= 11 is 0. The third-order valence-electron chi connectivity index (χ3n) is 2.23. The molecule has 0 saturated heterocycles. The number of nitrogens with two attached hydrogens (primary N) is 1. The van der Waals surface area contributed by atoms with Gasteiger partial charge in [0.2, 0.25) is 0 Å². The standard InChI is InChI=1S/C8H12F3NO/c9-8(10,11)7(12)4-5-2-1-3-6(5)13/h1,3,5-7,13H,2,4,12H2/t5-,6-,7?/m0/s1. The van der Waals surface area contributed by atoms with Crippen molar-refractivity contribution in [1.82, 2.24) is 0 Å².